The van der Waals surface area contributed by atoms with Crippen LogP contribution in [0, 0.1) is 0 Å². The average Bonchev–Trinajstić information content (AvgIpc) is 2.52. The second kappa shape index (κ2) is 7.24. The summed E-state index contributed by atoms with van der Waals surface area (Å²) >= 11 is 0. The Kier molecular flexibility index (Phi) is 5.35. The largest absolute Gasteiger partial charge is 0.381 e. The molecule has 110 valence electrons. The molecular formula is C15H23N3O2. The number of nitrogens with one attached hydrogen (secondary N) is 1. The maximum Gasteiger partial charge on any atom is 0.254 e. The maximum atomic E-state index is 12.5. The molecule has 0 aromatic carbocycles. The molecule has 0 radical (unpaired) electrons. The number of pyridine rings is 1. The quantitative estimate of drug-likeness (QED) is 0.896. The smallest absolute Gasteiger partial charge is 0.254 e. The van der Waals surface area contributed by atoms with Gasteiger partial charge in [0.15, 0.2) is 0 Å². The van der Waals surface area contributed by atoms with E-state index in [1.165, 1.54) is 0 Å². The summed E-state index contributed by atoms with van der Waals surface area (Å²) in [5.74, 6) is 0.853. The van der Waals surface area contributed by atoms with Crippen molar-refractivity contribution in [2.45, 2.75) is 32.3 Å². The molecule has 2 rings (SSSR count). The molecule has 1 fully saturated rings. The number of anilines is 1. The molecular weight excluding hydrogens is 254 g/mol. The van der Waals surface area contributed by atoms with Crippen molar-refractivity contribution in [3.8, 4) is 0 Å². The van der Waals surface area contributed by atoms with Crippen LogP contribution in [0.5, 0.6) is 0 Å². The van der Waals surface area contributed by atoms with Crippen LogP contribution < -0.4 is 5.32 Å². The van der Waals surface area contributed by atoms with Crippen molar-refractivity contribution < 1.29 is 9.53 Å². The lowest BCUT2D eigenvalue weighted by atomic mass is 10.1. The van der Waals surface area contributed by atoms with Crippen molar-refractivity contribution in [3.63, 3.8) is 0 Å². The zero-order valence-electron chi connectivity index (χ0n) is 12.3. The highest BCUT2D eigenvalue weighted by atomic mass is 16.5. The third-order valence-corrected chi connectivity index (χ3v) is 3.63. The van der Waals surface area contributed by atoms with Crippen LogP contribution in [0.2, 0.25) is 0 Å². The Morgan fingerprint density at radius 1 is 1.50 bits per heavy atom. The fourth-order valence-electron chi connectivity index (χ4n) is 2.39. The van der Waals surface area contributed by atoms with Gasteiger partial charge in [0.05, 0.1) is 6.10 Å². The Hall–Kier alpha value is -1.62. The van der Waals surface area contributed by atoms with E-state index >= 15 is 0 Å². The molecule has 1 aromatic heterocycles. The molecule has 0 bridgehead atoms. The van der Waals surface area contributed by atoms with Gasteiger partial charge in [-0.15, -0.1) is 0 Å². The number of carbonyl (C=O) groups is 1. The number of methoxy groups -OCH3 is 1. The first-order chi connectivity index (χ1) is 9.74. The number of nitrogens with zero attached hydrogens (tertiary/aromatic N) is 2. The van der Waals surface area contributed by atoms with Crippen LogP contribution in [0.1, 0.15) is 36.5 Å². The third-order valence-electron chi connectivity index (χ3n) is 3.63. The molecule has 0 aliphatic carbocycles. The maximum absolute atomic E-state index is 12.5. The Bertz CT molecular complexity index is 442. The summed E-state index contributed by atoms with van der Waals surface area (Å²) in [6.45, 7) is 4.49. The Morgan fingerprint density at radius 3 is 2.90 bits per heavy atom. The molecule has 1 aliphatic rings. The third kappa shape index (κ3) is 3.70. The zero-order chi connectivity index (χ0) is 14.4. The summed E-state index contributed by atoms with van der Waals surface area (Å²) in [5, 5.41) is 3.21. The lowest BCUT2D eigenvalue weighted by Crippen LogP contribution is -2.40. The second-order valence-corrected chi connectivity index (χ2v) is 5.08. The first-order valence-corrected chi connectivity index (χ1v) is 7.26. The number of piperidine rings is 1. The van der Waals surface area contributed by atoms with Crippen LogP contribution in [0.4, 0.5) is 5.82 Å². The highest BCUT2D eigenvalue weighted by molar-refractivity contribution is 5.94. The lowest BCUT2D eigenvalue weighted by Gasteiger charge is -2.31. The number of hydrogen-bond acceptors (Lipinski definition) is 4. The Balaban J connectivity index is 1.98. The molecule has 0 atom stereocenters. The van der Waals surface area contributed by atoms with Crippen molar-refractivity contribution in [2.24, 2.45) is 0 Å². The number of carbonyl (C=O) groups excluding carboxylic acids is 1. The molecule has 0 spiro atoms. The number of aromatic nitrogens is 1. The van der Waals surface area contributed by atoms with Crippen molar-refractivity contribution in [3.05, 3.63) is 23.9 Å². The SMILES string of the molecule is CCCNc1cc(C(=O)N2CCC(OC)CC2)ccn1. The van der Waals surface area contributed by atoms with E-state index in [1.54, 1.807) is 19.4 Å². The molecule has 0 saturated carbocycles. The monoisotopic (exact) mass is 277 g/mol. The molecule has 1 aromatic rings. The van der Waals surface area contributed by atoms with Crippen LogP contribution in [-0.4, -0.2) is 48.6 Å². The van der Waals surface area contributed by atoms with E-state index in [2.05, 4.69) is 17.2 Å². The van der Waals surface area contributed by atoms with Crippen molar-refractivity contribution >= 4 is 11.7 Å². The Morgan fingerprint density at radius 2 is 2.25 bits per heavy atom. The summed E-state index contributed by atoms with van der Waals surface area (Å²) in [5.41, 5.74) is 0.703. The molecule has 1 saturated heterocycles. The standard InChI is InChI=1S/C15H23N3O2/c1-3-7-16-14-11-12(4-8-17-14)15(19)18-9-5-13(20-2)6-10-18/h4,8,11,13H,3,5-7,9-10H2,1-2H3,(H,16,17). The molecule has 5 nitrogen and oxygen atoms in total. The van der Waals surface area contributed by atoms with Gasteiger partial charge in [-0.1, -0.05) is 6.92 Å². The summed E-state index contributed by atoms with van der Waals surface area (Å²) < 4.78 is 5.33. The summed E-state index contributed by atoms with van der Waals surface area (Å²) in [7, 11) is 1.73. The zero-order valence-corrected chi connectivity index (χ0v) is 12.3. The van der Waals surface area contributed by atoms with Crippen molar-refractivity contribution in [1.82, 2.24) is 9.88 Å². The van der Waals surface area contributed by atoms with Crippen molar-refractivity contribution in [2.75, 3.05) is 32.1 Å². The fraction of sp³-hybridized carbons (Fsp3) is 0.600. The van der Waals surface area contributed by atoms with Crippen LogP contribution in [-0.2, 0) is 4.74 Å². The predicted octanol–water partition coefficient (Wildman–Crippen LogP) is 2.15. The van der Waals surface area contributed by atoms with Gasteiger partial charge in [0.25, 0.3) is 5.91 Å². The van der Waals surface area contributed by atoms with E-state index in [0.29, 0.717) is 11.7 Å². The van der Waals surface area contributed by atoms with E-state index < -0.39 is 0 Å². The molecule has 0 unspecified atom stereocenters. The van der Waals surface area contributed by atoms with Crippen LogP contribution >= 0.6 is 0 Å². The van der Waals surface area contributed by atoms with Crippen LogP contribution in [0.15, 0.2) is 18.3 Å². The molecule has 1 amide bonds. The van der Waals surface area contributed by atoms with Crippen LogP contribution in [0.25, 0.3) is 0 Å². The van der Waals surface area contributed by atoms with Gasteiger partial charge < -0.3 is 15.0 Å². The fourth-order valence-corrected chi connectivity index (χ4v) is 2.39. The predicted molar refractivity (Wildman–Crippen MR) is 79.0 cm³/mol. The van der Waals surface area contributed by atoms with E-state index in [9.17, 15) is 4.79 Å². The first kappa shape index (κ1) is 14.8. The minimum absolute atomic E-state index is 0.0847. The number of likely N-dealkylation sites (tertiary alicyclic amines) is 1. The topological polar surface area (TPSA) is 54.5 Å². The molecule has 1 aliphatic heterocycles. The van der Waals surface area contributed by atoms with E-state index in [4.69, 9.17) is 4.74 Å². The van der Waals surface area contributed by atoms with E-state index in [-0.39, 0.29) is 5.91 Å². The molecule has 5 heteroatoms. The highest BCUT2D eigenvalue weighted by Crippen LogP contribution is 2.16. The second-order valence-electron chi connectivity index (χ2n) is 5.08. The van der Waals surface area contributed by atoms with Crippen molar-refractivity contribution in [1.29, 1.82) is 0 Å². The summed E-state index contributed by atoms with van der Waals surface area (Å²) in [4.78, 5) is 18.6. The van der Waals surface area contributed by atoms with E-state index in [1.807, 2.05) is 11.0 Å². The minimum Gasteiger partial charge on any atom is -0.381 e. The number of ether oxygens (including phenoxy) is 1. The highest BCUT2D eigenvalue weighted by Gasteiger charge is 2.23. The number of amides is 1. The summed E-state index contributed by atoms with van der Waals surface area (Å²) in [6.07, 6.45) is 4.83. The summed E-state index contributed by atoms with van der Waals surface area (Å²) in [6, 6.07) is 3.61. The van der Waals surface area contributed by atoms with E-state index in [0.717, 1.165) is 44.7 Å². The van der Waals surface area contributed by atoms with Gasteiger partial charge >= 0.3 is 0 Å². The minimum atomic E-state index is 0.0847. The normalized spacial score (nSPS) is 16.2. The first-order valence-electron chi connectivity index (χ1n) is 7.26. The van der Waals surface area contributed by atoms with Gasteiger partial charge in [-0.05, 0) is 31.4 Å². The molecule has 1 N–H and O–H groups in total. The van der Waals surface area contributed by atoms with Gasteiger partial charge in [0.2, 0.25) is 0 Å². The number of hydrogen-bond donors (Lipinski definition) is 1. The van der Waals surface area contributed by atoms with Gasteiger partial charge in [0, 0.05) is 38.5 Å². The Labute approximate surface area is 120 Å². The van der Waals surface area contributed by atoms with Gasteiger partial charge in [-0.3, -0.25) is 4.79 Å². The average molecular weight is 277 g/mol. The molecule has 2 heterocycles. The van der Waals surface area contributed by atoms with Crippen LogP contribution in [0.3, 0.4) is 0 Å². The molecule has 20 heavy (non-hydrogen) atoms. The van der Waals surface area contributed by atoms with Gasteiger partial charge in [-0.2, -0.15) is 0 Å². The van der Waals surface area contributed by atoms with Gasteiger partial charge in [0.1, 0.15) is 5.82 Å². The van der Waals surface area contributed by atoms with Gasteiger partial charge in [-0.25, -0.2) is 4.98 Å². The number of rotatable bonds is 5. The lowest BCUT2D eigenvalue weighted by molar-refractivity contribution is 0.0351.